The van der Waals surface area contributed by atoms with Gasteiger partial charge >= 0.3 is 0 Å². The van der Waals surface area contributed by atoms with Crippen molar-refractivity contribution in [2.45, 2.75) is 57.8 Å². The van der Waals surface area contributed by atoms with Crippen LogP contribution in [0.2, 0.25) is 0 Å². The largest absolute Gasteiger partial charge is 0.396 e. The normalized spacial score (nSPS) is 15.2. The first-order valence-electron chi connectivity index (χ1n) is 26.6. The highest BCUT2D eigenvalue weighted by Crippen LogP contribution is 2.31. The lowest BCUT2D eigenvalue weighted by atomic mass is 9.90. The summed E-state index contributed by atoms with van der Waals surface area (Å²) in [6, 6.07) is 36.0. The van der Waals surface area contributed by atoms with Gasteiger partial charge in [-0.2, -0.15) is 0 Å². The first-order valence-corrected chi connectivity index (χ1v) is 27.8. The van der Waals surface area contributed by atoms with Crippen molar-refractivity contribution in [3.63, 3.8) is 0 Å². The monoisotopic (exact) mass is 1150 g/mol. The van der Waals surface area contributed by atoms with E-state index in [4.69, 9.17) is 20.3 Å². The van der Waals surface area contributed by atoms with Gasteiger partial charge in [-0.3, -0.25) is 25.0 Å². The highest BCUT2D eigenvalue weighted by atomic mass is 79.9. The number of carbonyl (C=O) groups is 1. The molecule has 1 aromatic heterocycles. The summed E-state index contributed by atoms with van der Waals surface area (Å²) >= 11 is 3.00. The van der Waals surface area contributed by atoms with Crippen molar-refractivity contribution in [3.8, 4) is 11.1 Å². The van der Waals surface area contributed by atoms with E-state index in [0.717, 1.165) is 118 Å². The number of nitrogens with zero attached hydrogens (tertiary/aromatic N) is 6. The van der Waals surface area contributed by atoms with Crippen molar-refractivity contribution >= 4 is 73.8 Å². The van der Waals surface area contributed by atoms with E-state index in [1.165, 1.54) is 48.4 Å². The van der Waals surface area contributed by atoms with Gasteiger partial charge < -0.3 is 41.1 Å². The number of nitrogens with one attached hydrogen (secondary N) is 3. The standard InChI is InChI=1S/C31H33N5O2.C14H20N2O3.C12H16N2O2.C2H5BrO.ClH/c1-2-29(38)33-27-7-3-5-24(20-27)28-8-4-6-25-21-32-31(35-30(25)28)34-26-11-9-22(10-12-26)19-23-13-15-36(16-14-23)17-18-37;17-10-9-15-7-5-13(6-8-15)11-12-1-3-14(4-2-12)16(18)19;15-14(16)12-3-1-10(2-4-12)9-11-5-7-13-8-6-11;3-1-2-4;/h2-12,20-21,23,37H,1,13-19H2,(H,33,38)(H,32,34,35);1-4,13,17H,5-11H2;1-4,11,13H,5-9H2;4H,1-2H2;1H. The Hall–Kier alpha value is -6.22. The van der Waals surface area contributed by atoms with E-state index < -0.39 is 0 Å². The minimum atomic E-state index is -0.364. The lowest BCUT2D eigenvalue weighted by Crippen LogP contribution is -2.36. The second-order valence-corrected chi connectivity index (χ2v) is 20.4. The summed E-state index contributed by atoms with van der Waals surface area (Å²) in [6.07, 6.45) is 13.2. The number of alkyl halides is 1. The molecule has 3 fully saturated rings. The topological polar surface area (TPSA) is 232 Å². The van der Waals surface area contributed by atoms with Gasteiger partial charge in [-0.1, -0.05) is 89.2 Å². The number of piperidine rings is 3. The SMILES string of the molecule is C=CC(=O)Nc1cccc(-c2cccc3cnc(Nc4ccc(CC5CCN(CCO)CC5)cc4)nc23)c1.Cl.O=[N+]([O-])c1ccc(CC2CCN(CCO)CC2)cc1.O=[N+]([O-])c1ccc(CC2CCNCC2)cc1.OCCBr. The molecule has 9 rings (SSSR count). The van der Waals surface area contributed by atoms with Crippen LogP contribution in [0.3, 0.4) is 0 Å². The number of hydrogen-bond donors (Lipinski definition) is 6. The molecule has 0 atom stereocenters. The van der Waals surface area contributed by atoms with Crippen molar-refractivity contribution in [1.82, 2.24) is 25.1 Å². The maximum absolute atomic E-state index is 11.7. The number of benzene rings is 5. The number of fused-ring (bicyclic) bond motifs is 1. The molecule has 19 heteroatoms. The third-order valence-corrected chi connectivity index (χ3v) is 14.5. The predicted octanol–water partition coefficient (Wildman–Crippen LogP) is 10.2. The first-order chi connectivity index (χ1) is 37.5. The number of amides is 1. The average molecular weight is 1150 g/mol. The molecular weight excluding hydrogens is 1080 g/mol. The Kier molecular flexibility index (Phi) is 27.2. The highest BCUT2D eigenvalue weighted by Gasteiger charge is 2.21. The van der Waals surface area contributed by atoms with Crippen LogP contribution in [0.5, 0.6) is 0 Å². The molecule has 0 spiro atoms. The summed E-state index contributed by atoms with van der Waals surface area (Å²) in [5.74, 6) is 2.35. The summed E-state index contributed by atoms with van der Waals surface area (Å²) < 4.78 is 0. The minimum absolute atomic E-state index is 0. The molecule has 0 aliphatic carbocycles. The molecule has 3 aliphatic rings. The van der Waals surface area contributed by atoms with Crippen LogP contribution in [-0.2, 0) is 24.1 Å². The summed E-state index contributed by atoms with van der Waals surface area (Å²) in [5, 5.41) is 58.1. The Morgan fingerprint density at radius 2 is 1.15 bits per heavy atom. The molecular formula is C59H75BrClN9O8. The van der Waals surface area contributed by atoms with Crippen LogP contribution < -0.4 is 16.0 Å². The van der Waals surface area contributed by atoms with Gasteiger partial charge in [0.2, 0.25) is 11.9 Å². The van der Waals surface area contributed by atoms with E-state index in [0.29, 0.717) is 28.8 Å². The number of likely N-dealkylation sites (tertiary alicyclic amines) is 2. The quantitative estimate of drug-likeness (QED) is 0.0204. The van der Waals surface area contributed by atoms with Gasteiger partial charge in [0.1, 0.15) is 0 Å². The van der Waals surface area contributed by atoms with Crippen LogP contribution in [0.1, 0.15) is 55.2 Å². The summed E-state index contributed by atoms with van der Waals surface area (Å²) in [6.45, 7) is 12.2. The smallest absolute Gasteiger partial charge is 0.269 e. The fourth-order valence-electron chi connectivity index (χ4n) is 9.86. The van der Waals surface area contributed by atoms with Crippen LogP contribution in [-0.4, -0.2) is 128 Å². The number of β-amino-alcohol motifs (C(OH)–C–C–N with tert-alkyl or cyclic N) is 2. The maximum atomic E-state index is 11.7. The predicted molar refractivity (Wildman–Crippen MR) is 317 cm³/mol. The number of nitro groups is 2. The molecule has 78 heavy (non-hydrogen) atoms. The molecule has 3 saturated heterocycles. The number of para-hydroxylation sites is 1. The van der Waals surface area contributed by atoms with Gasteiger partial charge in [-0.25, -0.2) is 9.97 Å². The van der Waals surface area contributed by atoms with E-state index in [1.54, 1.807) is 24.3 Å². The average Bonchev–Trinajstić information content (AvgIpc) is 3.46. The fourth-order valence-corrected chi connectivity index (χ4v) is 9.86. The number of carbonyl (C=O) groups excluding carboxylic acids is 1. The number of aliphatic hydroxyl groups excluding tert-OH is 3. The summed E-state index contributed by atoms with van der Waals surface area (Å²) in [5.41, 5.74) is 8.43. The second-order valence-electron chi connectivity index (χ2n) is 19.6. The van der Waals surface area contributed by atoms with Crippen molar-refractivity contribution in [3.05, 3.63) is 171 Å². The zero-order chi connectivity index (χ0) is 54.8. The molecule has 0 radical (unpaired) electrons. The Morgan fingerprint density at radius 3 is 1.62 bits per heavy atom. The van der Waals surface area contributed by atoms with Crippen molar-refractivity contribution in [2.75, 3.05) is 88.1 Å². The van der Waals surface area contributed by atoms with Crippen LogP contribution >= 0.6 is 28.3 Å². The third-order valence-electron chi connectivity index (χ3n) is 14.1. The fraction of sp³-hybridized carbons (Fsp3) is 0.407. The van der Waals surface area contributed by atoms with E-state index in [-0.39, 0.29) is 59.4 Å². The Labute approximate surface area is 472 Å². The van der Waals surface area contributed by atoms with Gasteiger partial charge in [0, 0.05) is 71.2 Å². The minimum Gasteiger partial charge on any atom is -0.396 e. The Bertz CT molecular complexity index is 2750. The first kappa shape index (κ1) is 62.6. The molecule has 0 saturated carbocycles. The second kappa shape index (κ2) is 33.9. The number of aromatic nitrogens is 2. The van der Waals surface area contributed by atoms with Gasteiger partial charge in [0.25, 0.3) is 11.4 Å². The Balaban J connectivity index is 0.000000233. The molecule has 17 nitrogen and oxygen atoms in total. The third kappa shape index (κ3) is 20.9. The molecule has 418 valence electrons. The van der Waals surface area contributed by atoms with Crippen LogP contribution in [0.15, 0.2) is 134 Å². The molecule has 0 unspecified atom stereocenters. The lowest BCUT2D eigenvalue weighted by molar-refractivity contribution is -0.385. The van der Waals surface area contributed by atoms with Crippen LogP contribution in [0, 0.1) is 38.0 Å². The molecule has 3 aliphatic heterocycles. The molecule has 6 N–H and O–H groups in total. The van der Waals surface area contributed by atoms with Gasteiger partial charge in [-0.05, 0) is 167 Å². The number of aliphatic hydroxyl groups is 3. The summed E-state index contributed by atoms with van der Waals surface area (Å²) in [4.78, 5) is 46.1. The molecule has 0 bridgehead atoms. The van der Waals surface area contributed by atoms with Gasteiger partial charge in [-0.15, -0.1) is 12.4 Å². The van der Waals surface area contributed by atoms with Crippen LogP contribution in [0.25, 0.3) is 22.0 Å². The van der Waals surface area contributed by atoms with Crippen LogP contribution in [0.4, 0.5) is 28.7 Å². The van der Waals surface area contributed by atoms with E-state index in [1.807, 2.05) is 72.9 Å². The Morgan fingerprint density at radius 1 is 0.679 bits per heavy atom. The number of rotatable bonds is 18. The van der Waals surface area contributed by atoms with E-state index >= 15 is 0 Å². The number of halogens is 2. The number of hydrogen-bond acceptors (Lipinski definition) is 14. The van der Waals surface area contributed by atoms with Crippen molar-refractivity contribution in [1.29, 1.82) is 0 Å². The lowest BCUT2D eigenvalue weighted by Gasteiger charge is -2.31. The maximum Gasteiger partial charge on any atom is 0.269 e. The number of non-ortho nitro benzene ring substituents is 2. The highest BCUT2D eigenvalue weighted by molar-refractivity contribution is 9.09. The number of nitro benzene ring substituents is 2. The van der Waals surface area contributed by atoms with E-state index in [2.05, 4.69) is 77.5 Å². The molecule has 5 aromatic carbocycles. The molecule has 6 aromatic rings. The zero-order valence-corrected chi connectivity index (χ0v) is 46.7. The van der Waals surface area contributed by atoms with Gasteiger partial charge in [0.05, 0.1) is 35.2 Å². The van der Waals surface area contributed by atoms with Crippen molar-refractivity contribution in [2.24, 2.45) is 17.8 Å². The molecule has 4 heterocycles. The zero-order valence-electron chi connectivity index (χ0n) is 44.3. The molecule has 1 amide bonds. The van der Waals surface area contributed by atoms with Crippen molar-refractivity contribution < 1.29 is 30.0 Å². The number of anilines is 3. The van der Waals surface area contributed by atoms with Gasteiger partial charge in [0.15, 0.2) is 0 Å². The van der Waals surface area contributed by atoms with E-state index in [9.17, 15) is 25.0 Å². The summed E-state index contributed by atoms with van der Waals surface area (Å²) in [7, 11) is 0.